The van der Waals surface area contributed by atoms with Gasteiger partial charge in [0.1, 0.15) is 0 Å². The summed E-state index contributed by atoms with van der Waals surface area (Å²) in [6, 6.07) is 15.7. The van der Waals surface area contributed by atoms with Gasteiger partial charge in [-0.1, -0.05) is 48.0 Å². The second-order valence-electron chi connectivity index (χ2n) is 6.35. The van der Waals surface area contributed by atoms with Gasteiger partial charge in [0.2, 0.25) is 0 Å². The molecule has 1 aliphatic heterocycles. The van der Waals surface area contributed by atoms with Crippen LogP contribution in [0.1, 0.15) is 19.3 Å². The number of nitrogens with one attached hydrogen (secondary N) is 1. The van der Waals surface area contributed by atoms with Gasteiger partial charge in [0.25, 0.3) is 0 Å². The molecular formula is C20H23ClN2O2. The van der Waals surface area contributed by atoms with Crippen LogP contribution in [-0.2, 0) is 4.74 Å². The van der Waals surface area contributed by atoms with Crippen LogP contribution in [-0.4, -0.2) is 37.2 Å². The summed E-state index contributed by atoms with van der Waals surface area (Å²) < 4.78 is 5.37. The third kappa shape index (κ3) is 4.53. The molecule has 2 aromatic carbocycles. The molecule has 1 fully saturated rings. The lowest BCUT2D eigenvalue weighted by molar-refractivity contribution is 0.147. The molecular weight excluding hydrogens is 336 g/mol. The Hall–Kier alpha value is -2.04. The van der Waals surface area contributed by atoms with E-state index >= 15 is 0 Å². The number of nitrogens with zero attached hydrogens (tertiary/aromatic N) is 1. The van der Waals surface area contributed by atoms with E-state index in [1.54, 1.807) is 0 Å². The first kappa shape index (κ1) is 17.8. The molecule has 1 unspecified atom stereocenters. The van der Waals surface area contributed by atoms with Crippen molar-refractivity contribution in [2.75, 3.05) is 25.5 Å². The van der Waals surface area contributed by atoms with Crippen molar-refractivity contribution in [1.82, 2.24) is 4.90 Å². The third-order valence-corrected chi connectivity index (χ3v) is 5.01. The van der Waals surface area contributed by atoms with Crippen LogP contribution in [0.4, 0.5) is 10.5 Å². The van der Waals surface area contributed by atoms with Gasteiger partial charge in [-0.15, -0.1) is 0 Å². The quantitative estimate of drug-likeness (QED) is 0.814. The normalized spacial score (nSPS) is 17.4. The molecule has 1 amide bonds. The summed E-state index contributed by atoms with van der Waals surface area (Å²) in [5.41, 5.74) is 2.45. The minimum atomic E-state index is -0.430. The minimum absolute atomic E-state index is 0.426. The maximum atomic E-state index is 12.2. The van der Waals surface area contributed by atoms with E-state index in [0.29, 0.717) is 23.4 Å². The van der Waals surface area contributed by atoms with Crippen molar-refractivity contribution in [3.05, 3.63) is 53.6 Å². The molecule has 0 saturated carbocycles. The standard InChI is InChI=1S/C20H23ClN2O2/c1-23-13-6-7-15(23)12-14-25-20(24)22-19-11-5-3-9-17(19)16-8-2-4-10-18(16)21/h2-5,8-11,15H,6-7,12-14H2,1H3,(H,22,24). The molecule has 1 N–H and O–H groups in total. The molecule has 1 saturated heterocycles. The van der Waals surface area contributed by atoms with Crippen molar-refractivity contribution in [2.24, 2.45) is 0 Å². The lowest BCUT2D eigenvalue weighted by Gasteiger charge is -2.19. The van der Waals surface area contributed by atoms with Gasteiger partial charge < -0.3 is 9.64 Å². The Morgan fingerprint density at radius 2 is 1.92 bits per heavy atom. The second-order valence-corrected chi connectivity index (χ2v) is 6.76. The number of hydrogen-bond donors (Lipinski definition) is 1. The number of para-hydroxylation sites is 1. The molecule has 3 rings (SSSR count). The number of amides is 1. The zero-order chi connectivity index (χ0) is 17.6. The van der Waals surface area contributed by atoms with Crippen LogP contribution in [0.2, 0.25) is 5.02 Å². The van der Waals surface area contributed by atoms with Crippen molar-refractivity contribution in [1.29, 1.82) is 0 Å². The van der Waals surface area contributed by atoms with Crippen LogP contribution < -0.4 is 5.32 Å². The molecule has 1 atom stereocenters. The molecule has 5 heteroatoms. The Balaban J connectivity index is 1.61. The molecule has 0 spiro atoms. The van der Waals surface area contributed by atoms with Gasteiger partial charge in [-0.3, -0.25) is 5.32 Å². The Bertz CT molecular complexity index is 735. The number of carbonyl (C=O) groups excluding carboxylic acids is 1. The van der Waals surface area contributed by atoms with E-state index in [0.717, 1.165) is 24.1 Å². The molecule has 0 aromatic heterocycles. The first-order valence-corrected chi connectivity index (χ1v) is 9.01. The highest BCUT2D eigenvalue weighted by Gasteiger charge is 2.21. The van der Waals surface area contributed by atoms with Crippen LogP contribution in [0.3, 0.4) is 0 Å². The van der Waals surface area contributed by atoms with Crippen molar-refractivity contribution in [3.63, 3.8) is 0 Å². The van der Waals surface area contributed by atoms with E-state index in [9.17, 15) is 4.79 Å². The number of carbonyl (C=O) groups is 1. The van der Waals surface area contributed by atoms with Crippen molar-refractivity contribution in [2.45, 2.75) is 25.3 Å². The number of halogens is 1. The van der Waals surface area contributed by atoms with Gasteiger partial charge in [-0.25, -0.2) is 4.79 Å². The highest BCUT2D eigenvalue weighted by atomic mass is 35.5. The van der Waals surface area contributed by atoms with E-state index in [2.05, 4.69) is 17.3 Å². The monoisotopic (exact) mass is 358 g/mol. The first-order valence-electron chi connectivity index (χ1n) is 8.63. The largest absolute Gasteiger partial charge is 0.449 e. The molecule has 1 heterocycles. The molecule has 2 aromatic rings. The van der Waals surface area contributed by atoms with Gasteiger partial charge in [-0.2, -0.15) is 0 Å². The number of benzene rings is 2. The number of likely N-dealkylation sites (tertiary alicyclic amines) is 1. The molecule has 25 heavy (non-hydrogen) atoms. The summed E-state index contributed by atoms with van der Waals surface area (Å²) in [5, 5.41) is 3.49. The lowest BCUT2D eigenvalue weighted by Crippen LogP contribution is -2.27. The van der Waals surface area contributed by atoms with Gasteiger partial charge in [0.05, 0.1) is 12.3 Å². The van der Waals surface area contributed by atoms with Gasteiger partial charge in [-0.05, 0) is 45.0 Å². The average molecular weight is 359 g/mol. The summed E-state index contributed by atoms with van der Waals surface area (Å²) in [6.45, 7) is 1.55. The van der Waals surface area contributed by atoms with Crippen LogP contribution in [0.15, 0.2) is 48.5 Å². The highest BCUT2D eigenvalue weighted by Crippen LogP contribution is 2.33. The number of ether oxygens (including phenoxy) is 1. The topological polar surface area (TPSA) is 41.6 Å². The summed E-state index contributed by atoms with van der Waals surface area (Å²) >= 11 is 6.29. The lowest BCUT2D eigenvalue weighted by atomic mass is 10.0. The van der Waals surface area contributed by atoms with Crippen molar-refractivity contribution in [3.8, 4) is 11.1 Å². The van der Waals surface area contributed by atoms with E-state index in [1.165, 1.54) is 12.8 Å². The maximum Gasteiger partial charge on any atom is 0.411 e. The van der Waals surface area contributed by atoms with E-state index in [4.69, 9.17) is 16.3 Å². The number of rotatable bonds is 5. The fourth-order valence-corrected chi connectivity index (χ4v) is 3.52. The average Bonchev–Trinajstić information content (AvgIpc) is 3.01. The zero-order valence-electron chi connectivity index (χ0n) is 14.4. The van der Waals surface area contributed by atoms with Crippen LogP contribution >= 0.6 is 11.6 Å². The summed E-state index contributed by atoms with van der Waals surface area (Å²) in [5.74, 6) is 0. The van der Waals surface area contributed by atoms with Crippen molar-refractivity contribution < 1.29 is 9.53 Å². The smallest absolute Gasteiger partial charge is 0.411 e. The summed E-state index contributed by atoms with van der Waals surface area (Å²) in [7, 11) is 2.12. The maximum absolute atomic E-state index is 12.2. The zero-order valence-corrected chi connectivity index (χ0v) is 15.1. The predicted molar refractivity (Wildman–Crippen MR) is 102 cm³/mol. The SMILES string of the molecule is CN1CCCC1CCOC(=O)Nc1ccccc1-c1ccccc1Cl. The third-order valence-electron chi connectivity index (χ3n) is 4.68. The fourth-order valence-electron chi connectivity index (χ4n) is 3.28. The van der Waals surface area contributed by atoms with E-state index in [1.807, 2.05) is 48.5 Å². The van der Waals surface area contributed by atoms with Gasteiger partial charge in [0, 0.05) is 22.2 Å². The molecule has 4 nitrogen and oxygen atoms in total. The summed E-state index contributed by atoms with van der Waals surface area (Å²) in [6.07, 6.45) is 2.84. The Morgan fingerprint density at radius 3 is 2.64 bits per heavy atom. The Morgan fingerprint density at radius 1 is 1.20 bits per heavy atom. The van der Waals surface area contributed by atoms with Crippen LogP contribution in [0.5, 0.6) is 0 Å². The fraction of sp³-hybridized carbons (Fsp3) is 0.350. The van der Waals surface area contributed by atoms with Crippen LogP contribution in [0, 0.1) is 0 Å². The second kappa shape index (κ2) is 8.37. The molecule has 1 aliphatic rings. The highest BCUT2D eigenvalue weighted by molar-refractivity contribution is 6.33. The number of anilines is 1. The van der Waals surface area contributed by atoms with E-state index in [-0.39, 0.29) is 0 Å². The Kier molecular flexibility index (Phi) is 5.95. The molecule has 0 aliphatic carbocycles. The van der Waals surface area contributed by atoms with Crippen molar-refractivity contribution >= 4 is 23.4 Å². The molecule has 0 bridgehead atoms. The van der Waals surface area contributed by atoms with Gasteiger partial charge >= 0.3 is 6.09 Å². The first-order chi connectivity index (χ1) is 12.1. The van der Waals surface area contributed by atoms with Gasteiger partial charge in [0.15, 0.2) is 0 Å². The summed E-state index contributed by atoms with van der Waals surface area (Å²) in [4.78, 5) is 14.5. The molecule has 0 radical (unpaired) electrons. The minimum Gasteiger partial charge on any atom is -0.449 e. The number of hydrogen-bond acceptors (Lipinski definition) is 3. The molecule has 132 valence electrons. The van der Waals surface area contributed by atoms with E-state index < -0.39 is 6.09 Å². The Labute approximate surface area is 153 Å². The predicted octanol–water partition coefficient (Wildman–Crippen LogP) is 5.04. The van der Waals surface area contributed by atoms with Crippen LogP contribution in [0.25, 0.3) is 11.1 Å².